The number of thiazole rings is 1. The monoisotopic (exact) mass is 466 g/mol. The SMILES string of the molecule is CC(C)c1csc(C=Cc2ccn3c(=O)c(C=CC(=O)O)c(N4CCCC(O)C4)nc3c2)n1. The second-order valence-corrected chi connectivity index (χ2v) is 9.24. The molecule has 9 heteroatoms. The minimum atomic E-state index is -1.15. The number of carbonyl (C=O) groups is 1. The van der Waals surface area contributed by atoms with Gasteiger partial charge in [0.25, 0.3) is 5.56 Å². The van der Waals surface area contributed by atoms with Gasteiger partial charge in [-0.15, -0.1) is 11.3 Å². The minimum Gasteiger partial charge on any atom is -0.478 e. The molecule has 3 aromatic heterocycles. The standard InChI is InChI=1S/C24H26N4O4S/c1-15(2)19-14-33-21(25-19)7-5-16-9-11-28-20(12-16)26-23(27-10-3-4-17(29)13-27)18(24(28)32)6-8-22(30)31/h5-9,11-12,14-15,17,29H,3-4,10,13H2,1-2H3,(H,30,31). The fourth-order valence-corrected chi connectivity index (χ4v) is 4.63. The molecule has 0 bridgehead atoms. The van der Waals surface area contributed by atoms with Crippen molar-refractivity contribution in [1.29, 1.82) is 0 Å². The van der Waals surface area contributed by atoms with Crippen molar-refractivity contribution < 1.29 is 15.0 Å². The Hall–Kier alpha value is -3.30. The smallest absolute Gasteiger partial charge is 0.328 e. The van der Waals surface area contributed by atoms with Crippen LogP contribution < -0.4 is 10.5 Å². The maximum absolute atomic E-state index is 13.2. The summed E-state index contributed by atoms with van der Waals surface area (Å²) in [6.45, 7) is 5.19. The number of β-amino-alcohol motifs (C(OH)–C–C–N with tert-alkyl or cyclic N) is 1. The van der Waals surface area contributed by atoms with Crippen LogP contribution in [-0.2, 0) is 4.79 Å². The van der Waals surface area contributed by atoms with Gasteiger partial charge in [0, 0.05) is 30.7 Å². The van der Waals surface area contributed by atoms with E-state index in [1.165, 1.54) is 10.5 Å². The van der Waals surface area contributed by atoms with Gasteiger partial charge < -0.3 is 15.1 Å². The largest absolute Gasteiger partial charge is 0.478 e. The van der Waals surface area contributed by atoms with Gasteiger partial charge in [0.15, 0.2) is 0 Å². The molecule has 4 heterocycles. The number of pyridine rings is 1. The molecule has 0 aliphatic carbocycles. The molecular weight excluding hydrogens is 440 g/mol. The lowest BCUT2D eigenvalue weighted by atomic mass is 10.1. The third kappa shape index (κ3) is 5.20. The molecule has 0 amide bonds. The van der Waals surface area contributed by atoms with Crippen LogP contribution in [0.1, 0.15) is 54.4 Å². The summed E-state index contributed by atoms with van der Waals surface area (Å²) in [7, 11) is 0. The molecule has 1 aliphatic heterocycles. The normalized spacial score (nSPS) is 17.1. The van der Waals surface area contributed by atoms with Crippen LogP contribution in [0.15, 0.2) is 34.6 Å². The van der Waals surface area contributed by atoms with Crippen LogP contribution in [0.4, 0.5) is 5.82 Å². The van der Waals surface area contributed by atoms with Crippen molar-refractivity contribution in [3.8, 4) is 0 Å². The number of hydrogen-bond acceptors (Lipinski definition) is 7. The molecule has 0 aromatic carbocycles. The minimum absolute atomic E-state index is 0.191. The molecule has 1 fully saturated rings. The molecule has 172 valence electrons. The Labute approximate surface area is 195 Å². The number of rotatable bonds is 6. The summed E-state index contributed by atoms with van der Waals surface area (Å²) >= 11 is 1.58. The highest BCUT2D eigenvalue weighted by Crippen LogP contribution is 2.23. The number of carboxylic acid groups (broad SMARTS) is 1. The second kappa shape index (κ2) is 9.68. The molecule has 3 aromatic rings. The van der Waals surface area contributed by atoms with E-state index in [2.05, 4.69) is 24.2 Å². The van der Waals surface area contributed by atoms with E-state index < -0.39 is 12.1 Å². The zero-order valence-corrected chi connectivity index (χ0v) is 19.3. The van der Waals surface area contributed by atoms with Crippen molar-refractivity contribution in [2.45, 2.75) is 38.7 Å². The van der Waals surface area contributed by atoms with Crippen LogP contribution in [-0.4, -0.2) is 49.7 Å². The van der Waals surface area contributed by atoms with Gasteiger partial charge >= 0.3 is 5.97 Å². The Kier molecular flexibility index (Phi) is 6.71. The zero-order valence-electron chi connectivity index (χ0n) is 18.5. The van der Waals surface area contributed by atoms with Crippen LogP contribution >= 0.6 is 11.3 Å². The second-order valence-electron chi connectivity index (χ2n) is 8.35. The van der Waals surface area contributed by atoms with Crippen molar-refractivity contribution in [2.24, 2.45) is 0 Å². The predicted molar refractivity (Wildman–Crippen MR) is 131 cm³/mol. The molecule has 4 rings (SSSR count). The molecule has 8 nitrogen and oxygen atoms in total. The fourth-order valence-electron chi connectivity index (χ4n) is 3.76. The molecular formula is C24H26N4O4S. The van der Waals surface area contributed by atoms with E-state index in [0.29, 0.717) is 36.9 Å². The van der Waals surface area contributed by atoms with E-state index in [4.69, 9.17) is 10.1 Å². The van der Waals surface area contributed by atoms with Gasteiger partial charge in [-0.05, 0) is 48.6 Å². The summed E-state index contributed by atoms with van der Waals surface area (Å²) in [5.41, 5.74) is 2.20. The summed E-state index contributed by atoms with van der Waals surface area (Å²) in [5.74, 6) is -0.387. The van der Waals surface area contributed by atoms with Crippen molar-refractivity contribution in [3.05, 3.63) is 62.0 Å². The van der Waals surface area contributed by atoms with E-state index in [9.17, 15) is 14.7 Å². The first-order valence-corrected chi connectivity index (χ1v) is 11.7. The first-order valence-electron chi connectivity index (χ1n) is 10.9. The highest BCUT2D eigenvalue weighted by atomic mass is 32.1. The maximum Gasteiger partial charge on any atom is 0.328 e. The summed E-state index contributed by atoms with van der Waals surface area (Å²) in [5, 5.41) is 22.1. The molecule has 1 aliphatic rings. The average molecular weight is 467 g/mol. The lowest BCUT2D eigenvalue weighted by molar-refractivity contribution is -0.131. The predicted octanol–water partition coefficient (Wildman–Crippen LogP) is 3.50. The van der Waals surface area contributed by atoms with Crippen molar-refractivity contribution in [2.75, 3.05) is 18.0 Å². The maximum atomic E-state index is 13.2. The van der Waals surface area contributed by atoms with E-state index >= 15 is 0 Å². The van der Waals surface area contributed by atoms with Crippen LogP contribution in [0.5, 0.6) is 0 Å². The van der Waals surface area contributed by atoms with Gasteiger partial charge in [0.1, 0.15) is 16.5 Å². The number of anilines is 1. The van der Waals surface area contributed by atoms with E-state index in [-0.39, 0.29) is 11.1 Å². The summed E-state index contributed by atoms with van der Waals surface area (Å²) in [6, 6.07) is 3.61. The quantitative estimate of drug-likeness (QED) is 0.535. The highest BCUT2D eigenvalue weighted by Gasteiger charge is 2.23. The Bertz CT molecular complexity index is 1290. The van der Waals surface area contributed by atoms with Crippen LogP contribution in [0.2, 0.25) is 0 Å². The van der Waals surface area contributed by atoms with Gasteiger partial charge in [0.05, 0.1) is 17.4 Å². The molecule has 1 atom stereocenters. The first-order chi connectivity index (χ1) is 15.8. The number of aliphatic carboxylic acids is 1. The average Bonchev–Trinajstić information content (AvgIpc) is 3.26. The number of aliphatic hydroxyl groups excluding tert-OH is 1. The molecule has 1 unspecified atom stereocenters. The van der Waals surface area contributed by atoms with Crippen LogP contribution in [0.3, 0.4) is 0 Å². The zero-order chi connectivity index (χ0) is 23.5. The number of hydrogen-bond donors (Lipinski definition) is 2. The Balaban J connectivity index is 1.75. The van der Waals surface area contributed by atoms with E-state index in [1.807, 2.05) is 23.1 Å². The highest BCUT2D eigenvalue weighted by molar-refractivity contribution is 7.10. The third-order valence-corrected chi connectivity index (χ3v) is 6.34. The topological polar surface area (TPSA) is 108 Å². The summed E-state index contributed by atoms with van der Waals surface area (Å²) in [4.78, 5) is 35.4. The number of piperidine rings is 1. The number of carboxylic acids is 1. The van der Waals surface area contributed by atoms with Crippen molar-refractivity contribution >= 4 is 47.0 Å². The number of fused-ring (bicyclic) bond motifs is 1. The lowest BCUT2D eigenvalue weighted by Crippen LogP contribution is -2.40. The Morgan fingerprint density at radius 1 is 1.27 bits per heavy atom. The lowest BCUT2D eigenvalue weighted by Gasteiger charge is -2.32. The number of nitrogens with zero attached hydrogens (tertiary/aromatic N) is 4. The Morgan fingerprint density at radius 3 is 2.79 bits per heavy atom. The van der Waals surface area contributed by atoms with Gasteiger partial charge in [-0.2, -0.15) is 0 Å². The Morgan fingerprint density at radius 2 is 2.09 bits per heavy atom. The summed E-state index contributed by atoms with van der Waals surface area (Å²) in [6.07, 6.45) is 8.66. The van der Waals surface area contributed by atoms with Crippen LogP contribution in [0, 0.1) is 0 Å². The molecule has 33 heavy (non-hydrogen) atoms. The fraction of sp³-hybridized carbons (Fsp3) is 0.333. The number of aromatic nitrogens is 3. The van der Waals surface area contributed by atoms with Gasteiger partial charge in [-0.1, -0.05) is 19.9 Å². The molecule has 2 N–H and O–H groups in total. The third-order valence-electron chi connectivity index (χ3n) is 5.51. The molecule has 0 radical (unpaired) electrons. The van der Waals surface area contributed by atoms with E-state index in [0.717, 1.165) is 28.8 Å². The van der Waals surface area contributed by atoms with Crippen LogP contribution in [0.25, 0.3) is 23.9 Å². The molecule has 0 saturated carbocycles. The summed E-state index contributed by atoms with van der Waals surface area (Å²) < 4.78 is 1.41. The number of aliphatic hydroxyl groups is 1. The van der Waals surface area contributed by atoms with Gasteiger partial charge in [0.2, 0.25) is 0 Å². The molecule has 1 saturated heterocycles. The van der Waals surface area contributed by atoms with Gasteiger partial charge in [-0.3, -0.25) is 9.20 Å². The van der Waals surface area contributed by atoms with Gasteiger partial charge in [-0.25, -0.2) is 14.8 Å². The van der Waals surface area contributed by atoms with Crippen molar-refractivity contribution in [3.63, 3.8) is 0 Å². The molecule has 0 spiro atoms. The van der Waals surface area contributed by atoms with E-state index in [1.54, 1.807) is 23.6 Å². The first kappa shape index (κ1) is 22.9. The van der Waals surface area contributed by atoms with Crippen molar-refractivity contribution in [1.82, 2.24) is 14.4 Å².